The van der Waals surface area contributed by atoms with Gasteiger partial charge in [0.1, 0.15) is 0 Å². The van der Waals surface area contributed by atoms with Gasteiger partial charge in [-0.15, -0.1) is 0 Å². The van der Waals surface area contributed by atoms with Crippen LogP contribution in [0.15, 0.2) is 0 Å². The largest absolute Gasteiger partial charge is 0.374 e. The third kappa shape index (κ3) is 1.70. The first-order chi connectivity index (χ1) is 6.59. The maximum atomic E-state index is 12.0. The maximum Gasteiger partial charge on any atom is 0.237 e. The molecule has 0 aromatic rings. The van der Waals surface area contributed by atoms with Crippen molar-refractivity contribution in [1.82, 2.24) is 4.90 Å². The molecule has 0 aromatic heterocycles. The predicted octanol–water partition coefficient (Wildman–Crippen LogP) is 1.41. The minimum absolute atomic E-state index is 0.0400. The number of hydrogen-bond acceptors (Lipinski definition) is 2. The van der Waals surface area contributed by atoms with Crippen molar-refractivity contribution in [1.29, 1.82) is 0 Å². The van der Waals surface area contributed by atoms with Crippen molar-refractivity contribution in [3.05, 3.63) is 0 Å². The minimum atomic E-state index is -0.0400. The Labute approximate surface area is 92.9 Å². The van der Waals surface area contributed by atoms with Gasteiger partial charge in [0.25, 0.3) is 0 Å². The number of fused-ring (bicyclic) bond motifs is 2. The third-order valence-corrected chi connectivity index (χ3v) is 4.45. The smallest absolute Gasteiger partial charge is 0.237 e. The minimum Gasteiger partial charge on any atom is -0.374 e. The number of amides is 1. The number of hydrogen-bond donors (Lipinski definition) is 0. The fraction of sp³-hybridized carbons (Fsp3) is 0.900. The summed E-state index contributed by atoms with van der Waals surface area (Å²) in [6.07, 6.45) is 1.33. The molecule has 3 unspecified atom stereocenters. The predicted molar refractivity (Wildman–Crippen MR) is 57.4 cm³/mol. The van der Waals surface area contributed by atoms with E-state index in [1.165, 1.54) is 0 Å². The molecule has 0 N–H and O–H groups in total. The SMILES string of the molecule is CC(C)C(Br)C(=O)N1CC2CC1CO2. The summed E-state index contributed by atoms with van der Waals surface area (Å²) in [5, 5.41) is 0. The van der Waals surface area contributed by atoms with E-state index < -0.39 is 0 Å². The van der Waals surface area contributed by atoms with E-state index >= 15 is 0 Å². The Morgan fingerprint density at radius 2 is 2.29 bits per heavy atom. The van der Waals surface area contributed by atoms with Crippen molar-refractivity contribution in [2.75, 3.05) is 13.2 Å². The van der Waals surface area contributed by atoms with Gasteiger partial charge in [-0.25, -0.2) is 0 Å². The Morgan fingerprint density at radius 1 is 1.57 bits per heavy atom. The zero-order chi connectivity index (χ0) is 10.3. The van der Waals surface area contributed by atoms with Crippen LogP contribution in [0.2, 0.25) is 0 Å². The molecule has 1 amide bonds. The number of ether oxygens (including phenoxy) is 1. The van der Waals surface area contributed by atoms with Gasteiger partial charge in [0.05, 0.1) is 23.6 Å². The number of rotatable bonds is 2. The lowest BCUT2D eigenvalue weighted by Crippen LogP contribution is -2.45. The molecule has 4 heteroatoms. The molecule has 0 radical (unpaired) electrons. The van der Waals surface area contributed by atoms with E-state index in [9.17, 15) is 4.79 Å². The normalized spacial score (nSPS) is 32.7. The molecular weight excluding hydrogens is 246 g/mol. The molecule has 0 aliphatic carbocycles. The average Bonchev–Trinajstić information content (AvgIpc) is 2.76. The summed E-state index contributed by atoms with van der Waals surface area (Å²) in [7, 11) is 0. The van der Waals surface area contributed by atoms with Gasteiger partial charge in [-0.3, -0.25) is 4.79 Å². The first-order valence-electron chi connectivity index (χ1n) is 5.15. The van der Waals surface area contributed by atoms with Gasteiger partial charge in [0.2, 0.25) is 5.91 Å². The molecule has 2 rings (SSSR count). The lowest BCUT2D eigenvalue weighted by atomic mass is 10.1. The Hall–Kier alpha value is -0.0900. The molecule has 2 aliphatic heterocycles. The van der Waals surface area contributed by atoms with E-state index in [-0.39, 0.29) is 10.7 Å². The van der Waals surface area contributed by atoms with Gasteiger partial charge in [-0.05, 0) is 12.3 Å². The van der Waals surface area contributed by atoms with Crippen LogP contribution in [0.1, 0.15) is 20.3 Å². The van der Waals surface area contributed by atoms with Crippen LogP contribution < -0.4 is 0 Å². The van der Waals surface area contributed by atoms with Crippen LogP contribution in [0.25, 0.3) is 0 Å². The number of morpholine rings is 1. The highest BCUT2D eigenvalue weighted by atomic mass is 79.9. The molecule has 2 fully saturated rings. The summed E-state index contributed by atoms with van der Waals surface area (Å²) in [5.41, 5.74) is 0. The summed E-state index contributed by atoms with van der Waals surface area (Å²) in [4.78, 5) is 13.9. The van der Waals surface area contributed by atoms with Crippen molar-refractivity contribution < 1.29 is 9.53 Å². The Morgan fingerprint density at radius 3 is 2.71 bits per heavy atom. The number of carbonyl (C=O) groups excluding carboxylic acids is 1. The maximum absolute atomic E-state index is 12.0. The van der Waals surface area contributed by atoms with Crippen LogP contribution in [-0.2, 0) is 9.53 Å². The fourth-order valence-electron chi connectivity index (χ4n) is 2.11. The molecule has 3 nitrogen and oxygen atoms in total. The highest BCUT2D eigenvalue weighted by molar-refractivity contribution is 9.10. The van der Waals surface area contributed by atoms with E-state index in [0.29, 0.717) is 18.1 Å². The average molecular weight is 262 g/mol. The molecule has 0 aromatic carbocycles. The van der Waals surface area contributed by atoms with Crippen molar-refractivity contribution in [3.63, 3.8) is 0 Å². The van der Waals surface area contributed by atoms with E-state index in [2.05, 4.69) is 29.8 Å². The Bertz CT molecular complexity index is 244. The van der Waals surface area contributed by atoms with Gasteiger partial charge < -0.3 is 9.64 Å². The second-order valence-corrected chi connectivity index (χ2v) is 5.47. The molecule has 0 saturated carbocycles. The van der Waals surface area contributed by atoms with Crippen LogP contribution in [0.4, 0.5) is 0 Å². The van der Waals surface area contributed by atoms with Gasteiger partial charge in [0, 0.05) is 6.54 Å². The number of halogens is 1. The van der Waals surface area contributed by atoms with Crippen LogP contribution in [0.5, 0.6) is 0 Å². The number of likely N-dealkylation sites (tertiary alicyclic amines) is 1. The first-order valence-corrected chi connectivity index (χ1v) is 6.07. The molecular formula is C10H16BrNO2. The number of nitrogens with zero attached hydrogens (tertiary/aromatic N) is 1. The van der Waals surface area contributed by atoms with Gasteiger partial charge in [-0.2, -0.15) is 0 Å². The highest BCUT2D eigenvalue weighted by Crippen LogP contribution is 2.30. The van der Waals surface area contributed by atoms with Gasteiger partial charge >= 0.3 is 0 Å². The van der Waals surface area contributed by atoms with E-state index in [0.717, 1.165) is 19.6 Å². The molecule has 2 aliphatic rings. The zero-order valence-electron chi connectivity index (χ0n) is 8.57. The van der Waals surface area contributed by atoms with Gasteiger partial charge in [0.15, 0.2) is 0 Å². The summed E-state index contributed by atoms with van der Waals surface area (Å²) < 4.78 is 5.46. The van der Waals surface area contributed by atoms with Crippen molar-refractivity contribution in [3.8, 4) is 0 Å². The molecule has 2 bridgehead atoms. The van der Waals surface area contributed by atoms with E-state index in [1.54, 1.807) is 0 Å². The lowest BCUT2D eigenvalue weighted by molar-refractivity contribution is -0.135. The Balaban J connectivity index is 1.99. The second kappa shape index (κ2) is 3.81. The lowest BCUT2D eigenvalue weighted by Gasteiger charge is -2.29. The van der Waals surface area contributed by atoms with Crippen LogP contribution in [-0.4, -0.2) is 40.9 Å². The van der Waals surface area contributed by atoms with E-state index in [4.69, 9.17) is 4.74 Å². The number of alkyl halides is 1. The highest BCUT2D eigenvalue weighted by Gasteiger charge is 2.43. The molecule has 80 valence electrons. The standard InChI is InChI=1S/C10H16BrNO2/c1-6(2)9(11)10(13)12-4-8-3-7(12)5-14-8/h6-9H,3-5H2,1-2H3. The second-order valence-electron chi connectivity index (χ2n) is 4.48. The molecule has 2 heterocycles. The van der Waals surface area contributed by atoms with Gasteiger partial charge in [-0.1, -0.05) is 29.8 Å². The summed E-state index contributed by atoms with van der Waals surface area (Å²) in [6, 6.07) is 0.339. The Kier molecular flexibility index (Phi) is 2.84. The first kappa shape index (κ1) is 10.4. The summed E-state index contributed by atoms with van der Waals surface area (Å²) in [5.74, 6) is 0.582. The topological polar surface area (TPSA) is 29.5 Å². The van der Waals surface area contributed by atoms with Crippen LogP contribution in [0.3, 0.4) is 0 Å². The quantitative estimate of drug-likeness (QED) is 0.704. The van der Waals surface area contributed by atoms with Crippen molar-refractivity contribution >= 4 is 21.8 Å². The zero-order valence-corrected chi connectivity index (χ0v) is 10.2. The number of carbonyl (C=O) groups is 1. The molecule has 0 spiro atoms. The monoisotopic (exact) mass is 261 g/mol. The van der Waals surface area contributed by atoms with Crippen molar-refractivity contribution in [2.45, 2.75) is 37.2 Å². The summed E-state index contributed by atoms with van der Waals surface area (Å²) >= 11 is 3.46. The van der Waals surface area contributed by atoms with Crippen LogP contribution in [0, 0.1) is 5.92 Å². The molecule has 3 atom stereocenters. The fourth-order valence-corrected chi connectivity index (χ4v) is 2.38. The van der Waals surface area contributed by atoms with Crippen LogP contribution >= 0.6 is 15.9 Å². The summed E-state index contributed by atoms with van der Waals surface area (Å²) in [6.45, 7) is 5.64. The molecule has 2 saturated heterocycles. The van der Waals surface area contributed by atoms with Crippen molar-refractivity contribution in [2.24, 2.45) is 5.92 Å². The van der Waals surface area contributed by atoms with E-state index in [1.807, 2.05) is 4.90 Å². The third-order valence-electron chi connectivity index (χ3n) is 3.00. The molecule has 14 heavy (non-hydrogen) atoms.